The Labute approximate surface area is 117 Å². The maximum absolute atomic E-state index is 12.5. The summed E-state index contributed by atoms with van der Waals surface area (Å²) in [6, 6.07) is 3.71. The van der Waals surface area contributed by atoms with Crippen molar-refractivity contribution in [1.29, 1.82) is 0 Å². The predicted octanol–water partition coefficient (Wildman–Crippen LogP) is 4.63. The second-order valence-corrected chi connectivity index (χ2v) is 6.31. The number of hydrogen-bond acceptors (Lipinski definition) is 2. The molecule has 6 heteroatoms. The van der Waals surface area contributed by atoms with E-state index in [2.05, 4.69) is 21.2 Å². The average Bonchev–Trinajstić information content (AvgIpc) is 2.79. The molecule has 18 heavy (non-hydrogen) atoms. The van der Waals surface area contributed by atoms with Crippen molar-refractivity contribution < 1.29 is 13.2 Å². The second kappa shape index (κ2) is 5.74. The molecule has 2 rings (SSSR count). The molecule has 1 heterocycles. The molecule has 0 radical (unpaired) electrons. The van der Waals surface area contributed by atoms with Crippen LogP contribution in [0.1, 0.15) is 12.0 Å². The van der Waals surface area contributed by atoms with Gasteiger partial charge in [0.05, 0.1) is 5.56 Å². The summed E-state index contributed by atoms with van der Waals surface area (Å²) in [5, 5.41) is 3.21. The lowest BCUT2D eigenvalue weighted by molar-refractivity contribution is -0.137. The van der Waals surface area contributed by atoms with Crippen molar-refractivity contribution in [2.24, 2.45) is 5.92 Å². The van der Waals surface area contributed by atoms with Crippen LogP contribution in [-0.2, 0) is 6.18 Å². The Morgan fingerprint density at radius 2 is 2.17 bits per heavy atom. The van der Waals surface area contributed by atoms with Crippen LogP contribution in [0.2, 0.25) is 0 Å². The molecule has 0 amide bonds. The lowest BCUT2D eigenvalue weighted by atomic mass is 10.1. The van der Waals surface area contributed by atoms with Crippen molar-refractivity contribution in [3.63, 3.8) is 0 Å². The first-order valence-electron chi connectivity index (χ1n) is 5.65. The van der Waals surface area contributed by atoms with Gasteiger partial charge >= 0.3 is 6.18 Å². The highest BCUT2D eigenvalue weighted by Crippen LogP contribution is 2.34. The van der Waals surface area contributed by atoms with E-state index in [0.717, 1.165) is 30.1 Å². The highest BCUT2D eigenvalue weighted by Gasteiger charge is 2.30. The van der Waals surface area contributed by atoms with Crippen molar-refractivity contribution in [2.75, 3.05) is 23.4 Å². The summed E-state index contributed by atoms with van der Waals surface area (Å²) in [6.07, 6.45) is -3.11. The zero-order valence-corrected chi connectivity index (χ0v) is 12.0. The van der Waals surface area contributed by atoms with Crippen molar-refractivity contribution in [3.05, 3.63) is 28.2 Å². The lowest BCUT2D eigenvalue weighted by Gasteiger charge is -2.14. The van der Waals surface area contributed by atoms with Gasteiger partial charge in [-0.05, 0) is 58.0 Å². The van der Waals surface area contributed by atoms with E-state index in [0.29, 0.717) is 10.4 Å². The van der Waals surface area contributed by atoms with Crippen LogP contribution >= 0.6 is 27.7 Å². The lowest BCUT2D eigenvalue weighted by Crippen LogP contribution is -2.14. The minimum atomic E-state index is -4.29. The zero-order valence-electron chi connectivity index (χ0n) is 9.56. The van der Waals surface area contributed by atoms with Gasteiger partial charge in [0.2, 0.25) is 0 Å². The predicted molar refractivity (Wildman–Crippen MR) is 73.1 cm³/mol. The molecule has 1 fully saturated rings. The van der Waals surface area contributed by atoms with E-state index >= 15 is 0 Å². The van der Waals surface area contributed by atoms with Gasteiger partial charge in [0.1, 0.15) is 0 Å². The van der Waals surface area contributed by atoms with Crippen LogP contribution in [0, 0.1) is 5.92 Å². The fourth-order valence-corrected chi connectivity index (χ4v) is 3.64. The fourth-order valence-electron chi connectivity index (χ4n) is 1.83. The highest BCUT2D eigenvalue weighted by molar-refractivity contribution is 9.10. The van der Waals surface area contributed by atoms with Crippen molar-refractivity contribution in [2.45, 2.75) is 12.6 Å². The first-order valence-corrected chi connectivity index (χ1v) is 7.60. The molecule has 0 saturated carbocycles. The molecule has 0 aromatic heterocycles. The first kappa shape index (κ1) is 14.1. The molecule has 1 aromatic rings. The molecule has 1 unspecified atom stereocenters. The van der Waals surface area contributed by atoms with Crippen LogP contribution in [-0.4, -0.2) is 18.1 Å². The van der Waals surface area contributed by atoms with Gasteiger partial charge in [0, 0.05) is 16.7 Å². The van der Waals surface area contributed by atoms with Crippen molar-refractivity contribution >= 4 is 33.4 Å². The molecule has 0 aliphatic carbocycles. The number of thioether (sulfide) groups is 1. The summed E-state index contributed by atoms with van der Waals surface area (Å²) in [5.41, 5.74) is 0.0937. The molecule has 1 N–H and O–H groups in total. The van der Waals surface area contributed by atoms with E-state index < -0.39 is 11.7 Å². The molecule has 0 spiro atoms. The monoisotopic (exact) mass is 339 g/mol. The first-order chi connectivity index (χ1) is 8.47. The third kappa shape index (κ3) is 3.57. The van der Waals surface area contributed by atoms with Crippen molar-refractivity contribution in [1.82, 2.24) is 0 Å². The van der Waals surface area contributed by atoms with Gasteiger partial charge in [-0.1, -0.05) is 0 Å². The summed E-state index contributed by atoms with van der Waals surface area (Å²) in [7, 11) is 0. The summed E-state index contributed by atoms with van der Waals surface area (Å²) >= 11 is 5.11. The highest BCUT2D eigenvalue weighted by atomic mass is 79.9. The number of anilines is 1. The molecule has 0 bridgehead atoms. The van der Waals surface area contributed by atoms with Crippen molar-refractivity contribution in [3.8, 4) is 0 Å². The van der Waals surface area contributed by atoms with Crippen LogP contribution in [0.15, 0.2) is 22.7 Å². The van der Waals surface area contributed by atoms with Gasteiger partial charge in [-0.15, -0.1) is 0 Å². The number of nitrogens with one attached hydrogen (secondary N) is 1. The minimum Gasteiger partial charge on any atom is -0.384 e. The standard InChI is InChI=1S/C12H13BrF3NS/c13-10-5-9(12(14,15)16)1-2-11(10)17-6-8-3-4-18-7-8/h1-2,5,8,17H,3-4,6-7H2. The third-order valence-electron chi connectivity index (χ3n) is 2.90. The normalized spacial score (nSPS) is 20.1. The Kier molecular flexibility index (Phi) is 4.48. The summed E-state index contributed by atoms with van der Waals surface area (Å²) in [6.45, 7) is 0.816. The van der Waals surface area contributed by atoms with Gasteiger partial charge in [-0.3, -0.25) is 0 Å². The Morgan fingerprint density at radius 1 is 1.39 bits per heavy atom. The van der Waals surface area contributed by atoms with Gasteiger partial charge in [0.25, 0.3) is 0 Å². The summed E-state index contributed by atoms with van der Waals surface area (Å²) in [5.74, 6) is 2.93. The van der Waals surface area contributed by atoms with Gasteiger partial charge in [-0.25, -0.2) is 0 Å². The van der Waals surface area contributed by atoms with Crippen LogP contribution < -0.4 is 5.32 Å². The maximum Gasteiger partial charge on any atom is 0.416 e. The van der Waals surface area contributed by atoms with Crippen LogP contribution in [0.4, 0.5) is 18.9 Å². The van der Waals surface area contributed by atoms with E-state index in [4.69, 9.17) is 0 Å². The van der Waals surface area contributed by atoms with E-state index in [1.165, 1.54) is 18.2 Å². The molecule has 1 nitrogen and oxygen atoms in total. The number of benzene rings is 1. The zero-order chi connectivity index (χ0) is 13.2. The van der Waals surface area contributed by atoms with E-state index in [9.17, 15) is 13.2 Å². The van der Waals surface area contributed by atoms with Gasteiger partial charge in [-0.2, -0.15) is 24.9 Å². The average molecular weight is 340 g/mol. The molecule has 100 valence electrons. The molecule has 1 aliphatic rings. The Morgan fingerprint density at radius 3 is 2.72 bits per heavy atom. The van der Waals surface area contributed by atoms with Crippen LogP contribution in [0.25, 0.3) is 0 Å². The smallest absolute Gasteiger partial charge is 0.384 e. The number of rotatable bonds is 3. The maximum atomic E-state index is 12.5. The van der Waals surface area contributed by atoms with E-state index in [1.54, 1.807) is 0 Å². The quantitative estimate of drug-likeness (QED) is 0.861. The SMILES string of the molecule is FC(F)(F)c1ccc(NCC2CCSC2)c(Br)c1. The Hall–Kier alpha value is -0.360. The second-order valence-electron chi connectivity index (χ2n) is 4.30. The van der Waals surface area contributed by atoms with Crippen LogP contribution in [0.3, 0.4) is 0 Å². The molecule has 1 aromatic carbocycles. The number of alkyl halides is 3. The molecule has 1 atom stereocenters. The van der Waals surface area contributed by atoms with Gasteiger partial charge < -0.3 is 5.32 Å². The summed E-state index contributed by atoms with van der Waals surface area (Å²) in [4.78, 5) is 0. The third-order valence-corrected chi connectivity index (χ3v) is 4.79. The molecular weight excluding hydrogens is 327 g/mol. The Balaban J connectivity index is 2.01. The van der Waals surface area contributed by atoms with E-state index in [-0.39, 0.29) is 0 Å². The number of hydrogen-bond donors (Lipinski definition) is 1. The van der Waals surface area contributed by atoms with E-state index in [1.807, 2.05) is 11.8 Å². The molecular formula is C12H13BrF3NS. The number of halogens is 4. The fraction of sp³-hybridized carbons (Fsp3) is 0.500. The Bertz CT molecular complexity index is 416. The topological polar surface area (TPSA) is 12.0 Å². The van der Waals surface area contributed by atoms with Crippen LogP contribution in [0.5, 0.6) is 0 Å². The molecule has 1 saturated heterocycles. The molecule has 1 aliphatic heterocycles. The largest absolute Gasteiger partial charge is 0.416 e. The minimum absolute atomic E-state index is 0.461. The summed E-state index contributed by atoms with van der Waals surface area (Å²) < 4.78 is 37.9. The van der Waals surface area contributed by atoms with Gasteiger partial charge in [0.15, 0.2) is 0 Å².